The van der Waals surface area contributed by atoms with Gasteiger partial charge in [-0.3, -0.25) is 4.79 Å². The number of rotatable bonds is 4. The van der Waals surface area contributed by atoms with Gasteiger partial charge in [0, 0.05) is 6.42 Å². The molecule has 0 rings (SSSR count). The van der Waals surface area contributed by atoms with Crippen LogP contribution >= 0.6 is 0 Å². The van der Waals surface area contributed by atoms with Crippen molar-refractivity contribution in [3.05, 3.63) is 0 Å². The molecular weight excluding hydrogens is 142 g/mol. The Morgan fingerprint density at radius 1 is 1.82 bits per heavy atom. The molecule has 0 aromatic carbocycles. The highest BCUT2D eigenvalue weighted by Crippen LogP contribution is 1.90. The smallest absolute Gasteiger partial charge is 0.322 e. The van der Waals surface area contributed by atoms with Crippen molar-refractivity contribution in [1.82, 2.24) is 0 Å². The van der Waals surface area contributed by atoms with Crippen LogP contribution in [0.5, 0.6) is 0 Å². The summed E-state index contributed by atoms with van der Waals surface area (Å²) in [5, 5.41) is 0. The predicted octanol–water partition coefficient (Wildman–Crippen LogP) is 0.290. The van der Waals surface area contributed by atoms with Crippen LogP contribution in [0.25, 0.3) is 0 Å². The number of hydrogen-bond acceptors (Lipinski definition) is 3. The van der Waals surface area contributed by atoms with Crippen LogP contribution in [0.4, 0.5) is 0 Å². The Kier molecular flexibility index (Phi) is 5.22. The maximum absolute atomic E-state index is 10.7. The number of nitrogens with two attached hydrogens (primary N) is 1. The summed E-state index contributed by atoms with van der Waals surface area (Å²) >= 11 is 0. The quantitative estimate of drug-likeness (QED) is 0.360. The van der Waals surface area contributed by atoms with Crippen molar-refractivity contribution in [1.29, 1.82) is 0 Å². The molecule has 0 saturated carbocycles. The Bertz CT molecular complexity index is 158. The molecule has 0 spiro atoms. The summed E-state index contributed by atoms with van der Waals surface area (Å²) in [6, 6.07) is -0.541. The molecule has 3 heteroatoms. The van der Waals surface area contributed by atoms with Crippen LogP contribution in [-0.2, 0) is 9.53 Å². The van der Waals surface area contributed by atoms with Gasteiger partial charge >= 0.3 is 5.97 Å². The highest BCUT2D eigenvalue weighted by atomic mass is 16.5. The van der Waals surface area contributed by atoms with Gasteiger partial charge in [-0.25, -0.2) is 0 Å². The maximum atomic E-state index is 10.7. The van der Waals surface area contributed by atoms with Crippen LogP contribution in [0, 0.1) is 12.3 Å². The Morgan fingerprint density at radius 3 is 2.91 bits per heavy atom. The number of esters is 1. The van der Waals surface area contributed by atoms with E-state index in [4.69, 9.17) is 16.9 Å². The molecule has 3 nitrogen and oxygen atoms in total. The molecule has 0 amide bonds. The van der Waals surface area contributed by atoms with Gasteiger partial charge in [-0.05, 0) is 13.3 Å². The van der Waals surface area contributed by atoms with Gasteiger partial charge < -0.3 is 10.5 Å². The van der Waals surface area contributed by atoms with Crippen molar-refractivity contribution in [2.45, 2.75) is 25.8 Å². The van der Waals surface area contributed by atoms with Crippen molar-refractivity contribution in [2.75, 3.05) is 6.61 Å². The molecule has 2 N–H and O–H groups in total. The first-order valence-electron chi connectivity index (χ1n) is 3.54. The molecular formula is C8H13NO2. The minimum absolute atomic E-state index is 0.366. The lowest BCUT2D eigenvalue weighted by atomic mass is 10.3. The number of hydrogen-bond donors (Lipinski definition) is 1. The van der Waals surface area contributed by atoms with Crippen molar-refractivity contribution < 1.29 is 9.53 Å². The fourth-order valence-electron chi connectivity index (χ4n) is 0.478. The third-order valence-electron chi connectivity index (χ3n) is 1.08. The number of carbonyl (C=O) groups is 1. The largest absolute Gasteiger partial charge is 0.465 e. The summed E-state index contributed by atoms with van der Waals surface area (Å²) in [5.41, 5.74) is 5.24. The highest BCUT2D eigenvalue weighted by Gasteiger charge is 2.06. The molecule has 62 valence electrons. The monoisotopic (exact) mass is 155 g/mol. The van der Waals surface area contributed by atoms with Crippen molar-refractivity contribution in [3.8, 4) is 12.3 Å². The van der Waals surface area contributed by atoms with Gasteiger partial charge in [0.05, 0.1) is 6.61 Å². The third-order valence-corrected chi connectivity index (χ3v) is 1.08. The summed E-state index contributed by atoms with van der Waals surface area (Å²) in [4.78, 5) is 10.7. The lowest BCUT2D eigenvalue weighted by molar-refractivity contribution is -0.144. The number of carbonyl (C=O) groups excluding carboxylic acids is 1. The van der Waals surface area contributed by atoms with E-state index in [9.17, 15) is 4.79 Å². The lowest BCUT2D eigenvalue weighted by Crippen LogP contribution is -2.28. The average Bonchev–Trinajstić information content (AvgIpc) is 1.97. The SMILES string of the molecule is C#CCCCOC(=O)[C@H](C)N. The first-order valence-corrected chi connectivity index (χ1v) is 3.54. The van der Waals surface area contributed by atoms with Crippen LogP contribution in [0.2, 0.25) is 0 Å². The third kappa shape index (κ3) is 5.43. The molecule has 0 aliphatic rings. The van der Waals surface area contributed by atoms with E-state index < -0.39 is 6.04 Å². The van der Waals surface area contributed by atoms with E-state index >= 15 is 0 Å². The predicted molar refractivity (Wildman–Crippen MR) is 42.7 cm³/mol. The van der Waals surface area contributed by atoms with Crippen LogP contribution in [0.1, 0.15) is 19.8 Å². The molecule has 0 aromatic heterocycles. The first kappa shape index (κ1) is 9.99. The maximum Gasteiger partial charge on any atom is 0.322 e. The molecule has 11 heavy (non-hydrogen) atoms. The molecule has 0 heterocycles. The lowest BCUT2D eigenvalue weighted by Gasteiger charge is -2.04. The minimum Gasteiger partial charge on any atom is -0.465 e. The van der Waals surface area contributed by atoms with E-state index in [1.807, 2.05) is 0 Å². The Balaban J connectivity index is 3.26. The average molecular weight is 155 g/mol. The topological polar surface area (TPSA) is 52.3 Å². The van der Waals surface area contributed by atoms with Crippen LogP contribution < -0.4 is 5.73 Å². The first-order chi connectivity index (χ1) is 5.18. The Labute approximate surface area is 66.9 Å². The standard InChI is InChI=1S/C8H13NO2/c1-3-4-5-6-11-8(10)7(2)9/h1,7H,4-6,9H2,2H3/t7-/m0/s1. The minimum atomic E-state index is -0.541. The second-order valence-corrected chi connectivity index (χ2v) is 2.26. The van der Waals surface area contributed by atoms with Gasteiger partial charge in [-0.15, -0.1) is 12.3 Å². The van der Waals surface area contributed by atoms with E-state index in [2.05, 4.69) is 5.92 Å². The van der Waals surface area contributed by atoms with Crippen molar-refractivity contribution >= 4 is 5.97 Å². The fourth-order valence-corrected chi connectivity index (χ4v) is 0.478. The van der Waals surface area contributed by atoms with Gasteiger partial charge in [0.2, 0.25) is 0 Å². The molecule has 0 aromatic rings. The molecule has 0 unspecified atom stereocenters. The summed E-state index contributed by atoms with van der Waals surface area (Å²) < 4.78 is 4.75. The van der Waals surface area contributed by atoms with Gasteiger partial charge in [-0.2, -0.15) is 0 Å². The molecule has 1 atom stereocenters. The zero-order valence-corrected chi connectivity index (χ0v) is 6.67. The zero-order valence-electron chi connectivity index (χ0n) is 6.67. The van der Waals surface area contributed by atoms with E-state index in [-0.39, 0.29) is 5.97 Å². The number of ether oxygens (including phenoxy) is 1. The van der Waals surface area contributed by atoms with Crippen LogP contribution in [-0.4, -0.2) is 18.6 Å². The molecule has 0 aliphatic heterocycles. The zero-order chi connectivity index (χ0) is 8.69. The summed E-state index contributed by atoms with van der Waals surface area (Å²) in [6.07, 6.45) is 6.32. The Morgan fingerprint density at radius 2 is 2.45 bits per heavy atom. The van der Waals surface area contributed by atoms with E-state index in [1.165, 1.54) is 0 Å². The van der Waals surface area contributed by atoms with Crippen LogP contribution in [0.15, 0.2) is 0 Å². The van der Waals surface area contributed by atoms with E-state index in [0.29, 0.717) is 19.4 Å². The highest BCUT2D eigenvalue weighted by molar-refractivity contribution is 5.74. The van der Waals surface area contributed by atoms with Crippen molar-refractivity contribution in [3.63, 3.8) is 0 Å². The van der Waals surface area contributed by atoms with Crippen molar-refractivity contribution in [2.24, 2.45) is 5.73 Å². The summed E-state index contributed by atoms with van der Waals surface area (Å²) in [7, 11) is 0. The van der Waals surface area contributed by atoms with Gasteiger partial charge in [0.15, 0.2) is 0 Å². The second-order valence-electron chi connectivity index (χ2n) is 2.26. The molecule has 0 fully saturated rings. The molecule has 0 saturated heterocycles. The van der Waals surface area contributed by atoms with Gasteiger partial charge in [0.1, 0.15) is 6.04 Å². The summed E-state index contributed by atoms with van der Waals surface area (Å²) in [6.45, 7) is 1.95. The molecule has 0 bridgehead atoms. The summed E-state index contributed by atoms with van der Waals surface area (Å²) in [5.74, 6) is 2.07. The molecule has 0 aliphatic carbocycles. The van der Waals surface area contributed by atoms with Gasteiger partial charge in [0.25, 0.3) is 0 Å². The van der Waals surface area contributed by atoms with E-state index in [0.717, 1.165) is 0 Å². The van der Waals surface area contributed by atoms with Crippen LogP contribution in [0.3, 0.4) is 0 Å². The normalized spacial score (nSPS) is 11.7. The molecule has 0 radical (unpaired) electrons. The second kappa shape index (κ2) is 5.75. The Hall–Kier alpha value is -1.01. The fraction of sp³-hybridized carbons (Fsp3) is 0.625. The van der Waals surface area contributed by atoms with Gasteiger partial charge in [-0.1, -0.05) is 0 Å². The number of terminal acetylenes is 1. The van der Waals surface area contributed by atoms with E-state index in [1.54, 1.807) is 6.92 Å². The number of unbranched alkanes of at least 4 members (excludes halogenated alkanes) is 1.